The van der Waals surface area contributed by atoms with Crippen LogP contribution in [-0.4, -0.2) is 24.9 Å². The third kappa shape index (κ3) is 5.85. The molecule has 0 unspecified atom stereocenters. The van der Waals surface area contributed by atoms with Gasteiger partial charge in [-0.05, 0) is 61.9 Å². The van der Waals surface area contributed by atoms with E-state index in [9.17, 15) is 9.59 Å². The number of ketones is 1. The SMILES string of the molecule is CCOc1cc(/C=C/C(=O)c2ccc(C)o2)ccc1OCC(=O)Nc1ccccc1. The van der Waals surface area contributed by atoms with E-state index in [0.717, 1.165) is 5.56 Å². The molecule has 0 bridgehead atoms. The maximum atomic E-state index is 12.2. The Morgan fingerprint density at radius 3 is 2.50 bits per heavy atom. The van der Waals surface area contributed by atoms with Crippen LogP contribution in [0.1, 0.15) is 28.8 Å². The predicted molar refractivity (Wildman–Crippen MR) is 115 cm³/mol. The highest BCUT2D eigenvalue weighted by atomic mass is 16.5. The van der Waals surface area contributed by atoms with Crippen LogP contribution in [0.5, 0.6) is 11.5 Å². The number of hydrogen-bond donors (Lipinski definition) is 1. The zero-order valence-corrected chi connectivity index (χ0v) is 16.9. The lowest BCUT2D eigenvalue weighted by molar-refractivity contribution is -0.118. The van der Waals surface area contributed by atoms with Gasteiger partial charge in [0.25, 0.3) is 5.91 Å². The number of benzene rings is 2. The van der Waals surface area contributed by atoms with Crippen molar-refractivity contribution in [3.05, 3.63) is 83.8 Å². The minimum Gasteiger partial charge on any atom is -0.490 e. The molecular formula is C24H23NO5. The van der Waals surface area contributed by atoms with Crippen molar-refractivity contribution in [2.24, 2.45) is 0 Å². The molecule has 0 atom stereocenters. The standard InChI is InChI=1S/C24H23NO5/c1-3-28-23-15-18(10-12-20(26)21-13-9-17(2)30-21)11-14-22(23)29-16-24(27)25-19-7-5-4-6-8-19/h4-15H,3,16H2,1-2H3,(H,25,27)/b12-10+. The summed E-state index contributed by atoms with van der Waals surface area (Å²) in [7, 11) is 0. The molecule has 1 amide bonds. The van der Waals surface area contributed by atoms with Gasteiger partial charge in [0.1, 0.15) is 5.76 Å². The van der Waals surface area contributed by atoms with Crippen LogP contribution >= 0.6 is 0 Å². The minimum atomic E-state index is -0.271. The van der Waals surface area contributed by atoms with Gasteiger partial charge < -0.3 is 19.2 Å². The topological polar surface area (TPSA) is 77.8 Å². The summed E-state index contributed by atoms with van der Waals surface area (Å²) in [6.07, 6.45) is 3.12. The molecule has 0 radical (unpaired) electrons. The van der Waals surface area contributed by atoms with Crippen molar-refractivity contribution in [1.82, 2.24) is 0 Å². The Morgan fingerprint density at radius 1 is 1.00 bits per heavy atom. The van der Waals surface area contributed by atoms with Gasteiger partial charge in [-0.25, -0.2) is 0 Å². The van der Waals surface area contributed by atoms with E-state index in [2.05, 4.69) is 5.32 Å². The molecule has 6 heteroatoms. The fourth-order valence-corrected chi connectivity index (χ4v) is 2.70. The summed E-state index contributed by atoms with van der Waals surface area (Å²) in [5.41, 5.74) is 1.46. The molecule has 154 valence electrons. The molecule has 0 saturated carbocycles. The maximum Gasteiger partial charge on any atom is 0.262 e. The number of carbonyl (C=O) groups is 2. The molecule has 0 spiro atoms. The van der Waals surface area contributed by atoms with Gasteiger partial charge in [-0.3, -0.25) is 9.59 Å². The van der Waals surface area contributed by atoms with Crippen LogP contribution < -0.4 is 14.8 Å². The van der Waals surface area contributed by atoms with Crippen LogP contribution in [0.3, 0.4) is 0 Å². The minimum absolute atomic E-state index is 0.152. The van der Waals surface area contributed by atoms with Crippen molar-refractivity contribution in [3.63, 3.8) is 0 Å². The Balaban J connectivity index is 1.64. The molecule has 30 heavy (non-hydrogen) atoms. The third-order valence-electron chi connectivity index (χ3n) is 4.09. The molecule has 0 saturated heterocycles. The number of hydrogen-bond acceptors (Lipinski definition) is 5. The van der Waals surface area contributed by atoms with Crippen LogP contribution in [0.2, 0.25) is 0 Å². The fraction of sp³-hybridized carbons (Fsp3) is 0.167. The summed E-state index contributed by atoms with van der Waals surface area (Å²) in [5.74, 6) is 1.42. The first-order chi connectivity index (χ1) is 14.5. The van der Waals surface area contributed by atoms with Crippen molar-refractivity contribution in [2.75, 3.05) is 18.5 Å². The number of para-hydroxylation sites is 1. The van der Waals surface area contributed by atoms with Gasteiger partial charge in [0.15, 0.2) is 23.9 Å². The second-order valence-corrected chi connectivity index (χ2v) is 6.45. The number of anilines is 1. The van der Waals surface area contributed by atoms with Crippen LogP contribution in [0.25, 0.3) is 6.08 Å². The molecule has 6 nitrogen and oxygen atoms in total. The normalized spacial score (nSPS) is 10.7. The Morgan fingerprint density at radius 2 is 1.80 bits per heavy atom. The van der Waals surface area contributed by atoms with E-state index >= 15 is 0 Å². The second-order valence-electron chi connectivity index (χ2n) is 6.45. The molecule has 0 aliphatic heterocycles. The van der Waals surface area contributed by atoms with Gasteiger partial charge >= 0.3 is 0 Å². The highest BCUT2D eigenvalue weighted by molar-refractivity contribution is 6.04. The Labute approximate surface area is 175 Å². The lowest BCUT2D eigenvalue weighted by Gasteiger charge is -2.12. The zero-order valence-electron chi connectivity index (χ0n) is 16.9. The van der Waals surface area contributed by atoms with Gasteiger partial charge in [0, 0.05) is 5.69 Å². The lowest BCUT2D eigenvalue weighted by Crippen LogP contribution is -2.20. The monoisotopic (exact) mass is 405 g/mol. The molecule has 1 heterocycles. The number of furan rings is 1. The van der Waals surface area contributed by atoms with Gasteiger partial charge in [0.2, 0.25) is 5.78 Å². The van der Waals surface area contributed by atoms with E-state index in [4.69, 9.17) is 13.9 Å². The van der Waals surface area contributed by atoms with Crippen molar-refractivity contribution >= 4 is 23.5 Å². The van der Waals surface area contributed by atoms with Crippen molar-refractivity contribution in [2.45, 2.75) is 13.8 Å². The molecular weight excluding hydrogens is 382 g/mol. The summed E-state index contributed by atoms with van der Waals surface area (Å²) >= 11 is 0. The van der Waals surface area contributed by atoms with Crippen LogP contribution in [0, 0.1) is 6.92 Å². The second kappa shape index (κ2) is 10.1. The van der Waals surface area contributed by atoms with Crippen molar-refractivity contribution in [3.8, 4) is 11.5 Å². The molecule has 1 N–H and O–H groups in total. The summed E-state index contributed by atoms with van der Waals surface area (Å²) in [6.45, 7) is 3.93. The van der Waals surface area contributed by atoms with Crippen LogP contribution in [0.4, 0.5) is 5.69 Å². The summed E-state index contributed by atoms with van der Waals surface area (Å²) in [6, 6.07) is 17.8. The quantitative estimate of drug-likeness (QED) is 0.405. The van der Waals surface area contributed by atoms with Gasteiger partial charge in [-0.1, -0.05) is 30.3 Å². The summed E-state index contributed by atoms with van der Waals surface area (Å²) in [4.78, 5) is 24.3. The van der Waals surface area contributed by atoms with Gasteiger partial charge in [-0.2, -0.15) is 0 Å². The first-order valence-corrected chi connectivity index (χ1v) is 9.58. The number of amides is 1. The van der Waals surface area contributed by atoms with E-state index in [1.807, 2.05) is 25.1 Å². The largest absolute Gasteiger partial charge is 0.490 e. The number of nitrogens with one attached hydrogen (secondary N) is 1. The summed E-state index contributed by atoms with van der Waals surface area (Å²) in [5, 5.41) is 2.76. The Bertz CT molecular complexity index is 1040. The van der Waals surface area contributed by atoms with Gasteiger partial charge in [0.05, 0.1) is 6.61 Å². The van der Waals surface area contributed by atoms with Crippen molar-refractivity contribution < 1.29 is 23.5 Å². The van der Waals surface area contributed by atoms with E-state index in [1.54, 1.807) is 55.5 Å². The smallest absolute Gasteiger partial charge is 0.262 e. The average Bonchev–Trinajstić information content (AvgIpc) is 3.19. The van der Waals surface area contributed by atoms with Gasteiger partial charge in [-0.15, -0.1) is 0 Å². The van der Waals surface area contributed by atoms with Crippen molar-refractivity contribution in [1.29, 1.82) is 0 Å². The Kier molecular flexibility index (Phi) is 7.05. The van der Waals surface area contributed by atoms with E-state index in [1.165, 1.54) is 6.08 Å². The van der Waals surface area contributed by atoms with E-state index in [-0.39, 0.29) is 24.1 Å². The highest BCUT2D eigenvalue weighted by Gasteiger charge is 2.10. The molecule has 3 aromatic rings. The number of ether oxygens (including phenoxy) is 2. The number of carbonyl (C=O) groups excluding carboxylic acids is 2. The average molecular weight is 405 g/mol. The highest BCUT2D eigenvalue weighted by Crippen LogP contribution is 2.29. The first-order valence-electron chi connectivity index (χ1n) is 9.58. The number of rotatable bonds is 9. The van der Waals surface area contributed by atoms with Crippen LogP contribution in [0.15, 0.2) is 71.2 Å². The molecule has 2 aromatic carbocycles. The molecule has 0 aliphatic rings. The van der Waals surface area contributed by atoms with E-state index < -0.39 is 0 Å². The lowest BCUT2D eigenvalue weighted by atomic mass is 10.1. The molecule has 0 aliphatic carbocycles. The zero-order chi connectivity index (χ0) is 21.3. The Hall–Kier alpha value is -3.80. The fourth-order valence-electron chi connectivity index (χ4n) is 2.70. The molecule has 3 rings (SSSR count). The maximum absolute atomic E-state index is 12.2. The van der Waals surface area contributed by atoms with E-state index in [0.29, 0.717) is 29.6 Å². The first kappa shape index (κ1) is 20.9. The summed E-state index contributed by atoms with van der Waals surface area (Å²) < 4.78 is 16.6. The number of aryl methyl sites for hydroxylation is 1. The molecule has 1 aromatic heterocycles. The number of allylic oxidation sites excluding steroid dienone is 1. The third-order valence-corrected chi connectivity index (χ3v) is 4.09. The van der Waals surface area contributed by atoms with Crippen LogP contribution in [-0.2, 0) is 4.79 Å². The predicted octanol–water partition coefficient (Wildman–Crippen LogP) is 4.90. The molecule has 0 fully saturated rings.